The van der Waals surface area contributed by atoms with E-state index in [1.807, 2.05) is 32.0 Å². The predicted octanol–water partition coefficient (Wildman–Crippen LogP) is 4.72. The normalized spacial score (nSPS) is 11.1. The van der Waals surface area contributed by atoms with Crippen LogP contribution in [0.4, 0.5) is 11.4 Å². The maximum Gasteiger partial charge on any atom is 0.265 e. The Hall–Kier alpha value is -3.10. The van der Waals surface area contributed by atoms with Gasteiger partial charge in [0.15, 0.2) is 0 Å². The maximum atomic E-state index is 13.2. The topological polar surface area (TPSA) is 97.4 Å². The molecule has 0 unspecified atom stereocenters. The summed E-state index contributed by atoms with van der Waals surface area (Å²) in [4.78, 5) is 16.6. The number of ether oxygens (including phenoxy) is 1. The van der Waals surface area contributed by atoms with Crippen LogP contribution in [0.1, 0.15) is 27.2 Å². The number of nitrogens with zero attached hydrogens (tertiary/aromatic N) is 1. The van der Waals surface area contributed by atoms with Crippen LogP contribution in [0.2, 0.25) is 5.15 Å². The van der Waals surface area contributed by atoms with E-state index in [1.54, 1.807) is 19.1 Å². The molecule has 0 fully saturated rings. The van der Waals surface area contributed by atoms with Crippen molar-refractivity contribution in [2.24, 2.45) is 0 Å². The molecule has 1 amide bonds. The highest BCUT2D eigenvalue weighted by molar-refractivity contribution is 7.92. The number of carbonyl (C=O) groups excluding carboxylic acids is 1. The number of rotatable bonds is 6. The molecule has 7 nitrogen and oxygen atoms in total. The van der Waals surface area contributed by atoms with Crippen molar-refractivity contribution in [1.82, 2.24) is 4.98 Å². The number of halogens is 1. The van der Waals surface area contributed by atoms with Gasteiger partial charge in [0.05, 0.1) is 24.1 Å². The fourth-order valence-corrected chi connectivity index (χ4v) is 4.69. The lowest BCUT2D eigenvalue weighted by Gasteiger charge is -2.16. The number of pyridine rings is 1. The molecule has 3 rings (SSSR count). The summed E-state index contributed by atoms with van der Waals surface area (Å²) in [6.45, 7) is 5.31. The van der Waals surface area contributed by atoms with Gasteiger partial charge >= 0.3 is 0 Å². The van der Waals surface area contributed by atoms with Crippen molar-refractivity contribution in [3.63, 3.8) is 0 Å². The Morgan fingerprint density at radius 1 is 1.03 bits per heavy atom. The smallest absolute Gasteiger partial charge is 0.265 e. The number of carbonyl (C=O) groups is 1. The van der Waals surface area contributed by atoms with Gasteiger partial charge in [0.2, 0.25) is 0 Å². The van der Waals surface area contributed by atoms with Crippen molar-refractivity contribution >= 4 is 38.9 Å². The average Bonchev–Trinajstić information content (AvgIpc) is 2.70. The number of hydrogen-bond acceptors (Lipinski definition) is 5. The first-order chi connectivity index (χ1) is 14.6. The fourth-order valence-electron chi connectivity index (χ4n) is 3.10. The summed E-state index contributed by atoms with van der Waals surface area (Å²) in [5.74, 6) is -0.279. The highest BCUT2D eigenvalue weighted by Crippen LogP contribution is 2.31. The molecule has 0 spiro atoms. The number of aromatic nitrogens is 1. The van der Waals surface area contributed by atoms with Gasteiger partial charge in [-0.25, -0.2) is 13.4 Å². The summed E-state index contributed by atoms with van der Waals surface area (Å²) >= 11 is 5.84. The summed E-state index contributed by atoms with van der Waals surface area (Å²) in [7, 11) is -2.61. The number of benzene rings is 2. The van der Waals surface area contributed by atoms with Crippen LogP contribution in [0.15, 0.2) is 53.4 Å². The number of hydrogen-bond donors (Lipinski definition) is 2. The standard InChI is InChI=1S/C22H22ClN3O4S/c1-13-6-5-7-14(2)21(13)26-31(28,29)19-12-16(8-10-18(19)30-4)25-22(27)17-9-11-20(23)24-15(17)3/h5-12,26H,1-4H3,(H,25,27). The summed E-state index contributed by atoms with van der Waals surface area (Å²) in [5, 5.41) is 2.98. The third-order valence-electron chi connectivity index (χ3n) is 4.73. The van der Waals surface area contributed by atoms with Gasteiger partial charge in [0, 0.05) is 5.69 Å². The van der Waals surface area contributed by atoms with E-state index in [0.717, 1.165) is 11.1 Å². The van der Waals surface area contributed by atoms with Gasteiger partial charge < -0.3 is 10.1 Å². The SMILES string of the molecule is COc1ccc(NC(=O)c2ccc(Cl)nc2C)cc1S(=O)(=O)Nc1c(C)cccc1C. The molecule has 0 radical (unpaired) electrons. The third-order valence-corrected chi connectivity index (χ3v) is 6.31. The Kier molecular flexibility index (Phi) is 6.52. The molecule has 31 heavy (non-hydrogen) atoms. The van der Waals surface area contributed by atoms with Crippen molar-refractivity contribution in [3.8, 4) is 5.75 Å². The minimum atomic E-state index is -3.99. The molecule has 1 aromatic heterocycles. The van der Waals surface area contributed by atoms with E-state index < -0.39 is 15.9 Å². The van der Waals surface area contributed by atoms with Crippen LogP contribution in [0.3, 0.4) is 0 Å². The first-order valence-electron chi connectivity index (χ1n) is 9.34. The average molecular weight is 460 g/mol. The van der Waals surface area contributed by atoms with E-state index in [1.165, 1.54) is 25.3 Å². The first-order valence-corrected chi connectivity index (χ1v) is 11.2. The maximum absolute atomic E-state index is 13.2. The molecule has 9 heteroatoms. The zero-order valence-electron chi connectivity index (χ0n) is 17.5. The monoisotopic (exact) mass is 459 g/mol. The van der Waals surface area contributed by atoms with Crippen LogP contribution >= 0.6 is 11.6 Å². The van der Waals surface area contributed by atoms with Crippen molar-refractivity contribution in [1.29, 1.82) is 0 Å². The van der Waals surface area contributed by atoms with E-state index in [9.17, 15) is 13.2 Å². The second kappa shape index (κ2) is 8.95. The summed E-state index contributed by atoms with van der Waals surface area (Å²) in [6.07, 6.45) is 0. The van der Waals surface area contributed by atoms with Crippen LogP contribution in [-0.4, -0.2) is 26.4 Å². The number of methoxy groups -OCH3 is 1. The second-order valence-corrected chi connectivity index (χ2v) is 9.00. The Morgan fingerprint density at radius 3 is 2.32 bits per heavy atom. The molecule has 2 aromatic carbocycles. The van der Waals surface area contributed by atoms with Gasteiger partial charge in [-0.3, -0.25) is 9.52 Å². The molecule has 2 N–H and O–H groups in total. The molecule has 0 aliphatic rings. The van der Waals surface area contributed by atoms with Crippen molar-refractivity contribution < 1.29 is 17.9 Å². The van der Waals surface area contributed by atoms with Crippen LogP contribution < -0.4 is 14.8 Å². The molecule has 0 aliphatic carbocycles. The van der Waals surface area contributed by atoms with Gasteiger partial charge in [-0.05, 0) is 62.2 Å². The zero-order chi connectivity index (χ0) is 22.8. The molecule has 0 bridgehead atoms. The van der Waals surface area contributed by atoms with Gasteiger partial charge in [-0.1, -0.05) is 29.8 Å². The quantitative estimate of drug-likeness (QED) is 0.520. The zero-order valence-corrected chi connectivity index (χ0v) is 19.1. The van der Waals surface area contributed by atoms with Crippen LogP contribution in [-0.2, 0) is 10.0 Å². The van der Waals surface area contributed by atoms with Gasteiger partial charge in [-0.2, -0.15) is 0 Å². The first kappa shape index (κ1) is 22.6. The largest absolute Gasteiger partial charge is 0.495 e. The number of amides is 1. The van der Waals surface area contributed by atoms with Crippen LogP contribution in [0, 0.1) is 20.8 Å². The Labute approximate surface area is 186 Å². The molecule has 0 atom stereocenters. The lowest BCUT2D eigenvalue weighted by atomic mass is 10.1. The number of anilines is 2. The van der Waals surface area contributed by atoms with E-state index in [4.69, 9.17) is 16.3 Å². The van der Waals surface area contributed by atoms with Gasteiger partial charge in [-0.15, -0.1) is 0 Å². The lowest BCUT2D eigenvalue weighted by Crippen LogP contribution is -2.17. The van der Waals surface area contributed by atoms with Crippen molar-refractivity contribution in [3.05, 3.63) is 76.1 Å². The minimum Gasteiger partial charge on any atom is -0.495 e. The number of nitrogens with one attached hydrogen (secondary N) is 2. The highest BCUT2D eigenvalue weighted by Gasteiger charge is 2.22. The molecule has 1 heterocycles. The molecule has 162 valence electrons. The fraction of sp³-hybridized carbons (Fsp3) is 0.182. The molecule has 0 saturated carbocycles. The van der Waals surface area contributed by atoms with Crippen molar-refractivity contribution in [2.75, 3.05) is 17.1 Å². The summed E-state index contributed by atoms with van der Waals surface area (Å²) in [5.41, 5.74) is 3.17. The van der Waals surface area contributed by atoms with E-state index in [2.05, 4.69) is 15.0 Å². The Morgan fingerprint density at radius 2 is 1.71 bits per heavy atom. The van der Waals surface area contributed by atoms with Crippen molar-refractivity contribution in [2.45, 2.75) is 25.7 Å². The minimum absolute atomic E-state index is 0.0959. The van der Waals surface area contributed by atoms with Gasteiger partial charge in [0.1, 0.15) is 15.8 Å². The molecule has 0 aliphatic heterocycles. The molecular weight excluding hydrogens is 438 g/mol. The predicted molar refractivity (Wildman–Crippen MR) is 122 cm³/mol. The highest BCUT2D eigenvalue weighted by atomic mass is 35.5. The lowest BCUT2D eigenvalue weighted by molar-refractivity contribution is 0.102. The molecule has 0 saturated heterocycles. The van der Waals surface area contributed by atoms with Gasteiger partial charge in [0.25, 0.3) is 15.9 Å². The van der Waals surface area contributed by atoms with Crippen LogP contribution in [0.25, 0.3) is 0 Å². The van der Waals surface area contributed by atoms with Crippen LogP contribution in [0.5, 0.6) is 5.75 Å². The third kappa shape index (κ3) is 4.98. The number of aryl methyl sites for hydroxylation is 3. The van der Waals surface area contributed by atoms with E-state index in [0.29, 0.717) is 22.6 Å². The van der Waals surface area contributed by atoms with E-state index >= 15 is 0 Å². The summed E-state index contributed by atoms with van der Waals surface area (Å²) in [6, 6.07) is 13.0. The molecular formula is C22H22ClN3O4S. The summed E-state index contributed by atoms with van der Waals surface area (Å²) < 4.78 is 34.2. The van der Waals surface area contributed by atoms with E-state index in [-0.39, 0.29) is 15.8 Å². The second-order valence-electron chi connectivity index (χ2n) is 6.96. The Bertz CT molecular complexity index is 1240. The number of para-hydroxylation sites is 1. The molecule has 3 aromatic rings. The number of sulfonamides is 1. The Balaban J connectivity index is 1.96.